The van der Waals surface area contributed by atoms with Gasteiger partial charge in [0.2, 0.25) is 0 Å². The van der Waals surface area contributed by atoms with Crippen molar-refractivity contribution in [2.24, 2.45) is 0 Å². The van der Waals surface area contributed by atoms with Crippen molar-refractivity contribution in [1.29, 1.82) is 0 Å². The number of benzene rings is 2. The van der Waals surface area contributed by atoms with Crippen molar-refractivity contribution in [3.63, 3.8) is 0 Å². The maximum Gasteiger partial charge on any atom is 0.131 e. The molecule has 0 aromatic heterocycles. The lowest BCUT2D eigenvalue weighted by Gasteiger charge is -1.99. The number of hydrogen-bond donors (Lipinski definition) is 0. The summed E-state index contributed by atoms with van der Waals surface area (Å²) in [7, 11) is 0. The first-order valence-corrected chi connectivity index (χ1v) is 4.00. The second kappa shape index (κ2) is 3.40. The van der Waals surface area contributed by atoms with Crippen LogP contribution in [-0.2, 0) is 0 Å². The molecule has 0 aliphatic heterocycles. The Morgan fingerprint density at radius 1 is 0.923 bits per heavy atom. The first-order chi connectivity index (χ1) is 6.36. The van der Waals surface area contributed by atoms with Crippen molar-refractivity contribution in [3.8, 4) is 11.1 Å². The molecule has 1 heteroatoms. The van der Waals surface area contributed by atoms with Crippen molar-refractivity contribution < 1.29 is 4.39 Å². The molecule has 0 bridgehead atoms. The molecule has 2 aromatic carbocycles. The molecule has 0 N–H and O–H groups in total. The highest BCUT2D eigenvalue weighted by molar-refractivity contribution is 5.62. The molecular formula is C12H7F. The molecule has 0 spiro atoms. The minimum Gasteiger partial charge on any atom is -0.206 e. The zero-order chi connectivity index (χ0) is 9.10. The summed E-state index contributed by atoms with van der Waals surface area (Å²) in [6, 6.07) is 17.7. The van der Waals surface area contributed by atoms with Gasteiger partial charge in [-0.1, -0.05) is 36.4 Å². The van der Waals surface area contributed by atoms with Crippen LogP contribution < -0.4 is 0 Å². The smallest absolute Gasteiger partial charge is 0.131 e. The fourth-order valence-corrected chi connectivity index (χ4v) is 1.20. The number of hydrogen-bond acceptors (Lipinski definition) is 0. The van der Waals surface area contributed by atoms with Crippen LogP contribution in [0.4, 0.5) is 4.39 Å². The van der Waals surface area contributed by atoms with E-state index in [1.165, 1.54) is 6.07 Å². The van der Waals surface area contributed by atoms with E-state index in [2.05, 4.69) is 12.1 Å². The van der Waals surface area contributed by atoms with Crippen LogP contribution in [0.2, 0.25) is 0 Å². The summed E-state index contributed by atoms with van der Waals surface area (Å²) in [5.41, 5.74) is 1.86. The largest absolute Gasteiger partial charge is 0.206 e. The Balaban J connectivity index is 2.48. The summed E-state index contributed by atoms with van der Waals surface area (Å²) in [5.74, 6) is -0.328. The summed E-state index contributed by atoms with van der Waals surface area (Å²) in [6.07, 6.45) is 0. The molecule has 13 heavy (non-hydrogen) atoms. The molecule has 0 nitrogen and oxygen atoms in total. The van der Waals surface area contributed by atoms with Gasteiger partial charge in [0.15, 0.2) is 0 Å². The number of rotatable bonds is 1. The molecule has 0 atom stereocenters. The predicted molar refractivity (Wildman–Crippen MR) is 49.5 cm³/mol. The summed E-state index contributed by atoms with van der Waals surface area (Å²) in [6.45, 7) is 0. The Kier molecular flexibility index (Phi) is 2.09. The van der Waals surface area contributed by atoms with Gasteiger partial charge in [0.25, 0.3) is 0 Å². The van der Waals surface area contributed by atoms with E-state index in [1.54, 1.807) is 6.07 Å². The summed E-state index contributed by atoms with van der Waals surface area (Å²) < 4.78 is 12.8. The summed E-state index contributed by atoms with van der Waals surface area (Å²) in [4.78, 5) is 0. The van der Waals surface area contributed by atoms with E-state index in [4.69, 9.17) is 0 Å². The van der Waals surface area contributed by atoms with Crippen LogP contribution in [0.5, 0.6) is 0 Å². The van der Waals surface area contributed by atoms with Crippen LogP contribution in [-0.4, -0.2) is 0 Å². The second-order valence-corrected chi connectivity index (χ2v) is 2.71. The molecule has 62 valence electrons. The minimum atomic E-state index is -0.328. The van der Waals surface area contributed by atoms with Crippen molar-refractivity contribution in [3.05, 3.63) is 60.4 Å². The van der Waals surface area contributed by atoms with Crippen LogP contribution in [0.1, 0.15) is 0 Å². The normalized spacial score (nSPS) is 9.92. The van der Waals surface area contributed by atoms with Gasteiger partial charge in [-0.2, -0.15) is 0 Å². The van der Waals surface area contributed by atoms with Crippen molar-refractivity contribution >= 4 is 0 Å². The molecule has 0 amide bonds. The fraction of sp³-hybridized carbons (Fsp3) is 0. The SMILES string of the molecule is Fc1[c]ccc(-c2cc[c]cc2)c1. The monoisotopic (exact) mass is 170 g/mol. The van der Waals surface area contributed by atoms with Crippen LogP contribution in [0, 0.1) is 17.9 Å². The Hall–Kier alpha value is -1.63. The molecular weight excluding hydrogens is 163 g/mol. The van der Waals surface area contributed by atoms with E-state index < -0.39 is 0 Å². The van der Waals surface area contributed by atoms with Gasteiger partial charge in [0.1, 0.15) is 5.82 Å². The maximum atomic E-state index is 12.8. The van der Waals surface area contributed by atoms with Crippen molar-refractivity contribution in [1.82, 2.24) is 0 Å². The summed E-state index contributed by atoms with van der Waals surface area (Å²) >= 11 is 0. The van der Waals surface area contributed by atoms with Crippen LogP contribution in [0.3, 0.4) is 0 Å². The zero-order valence-electron chi connectivity index (χ0n) is 6.92. The Morgan fingerprint density at radius 3 is 2.31 bits per heavy atom. The highest BCUT2D eigenvalue weighted by atomic mass is 19.1. The molecule has 0 fully saturated rings. The van der Waals surface area contributed by atoms with Gasteiger partial charge in [0, 0.05) is 6.07 Å². The molecule has 0 saturated carbocycles. The minimum absolute atomic E-state index is 0.328. The molecule has 0 heterocycles. The maximum absolute atomic E-state index is 12.8. The third kappa shape index (κ3) is 1.75. The molecule has 2 rings (SSSR count). The molecule has 2 radical (unpaired) electrons. The second-order valence-electron chi connectivity index (χ2n) is 2.71. The fourth-order valence-electron chi connectivity index (χ4n) is 1.20. The lowest BCUT2D eigenvalue weighted by atomic mass is 10.1. The quantitative estimate of drug-likeness (QED) is 0.617. The van der Waals surface area contributed by atoms with Crippen LogP contribution >= 0.6 is 0 Å². The van der Waals surface area contributed by atoms with E-state index in [1.807, 2.05) is 30.3 Å². The third-order valence-corrected chi connectivity index (χ3v) is 1.82. The third-order valence-electron chi connectivity index (χ3n) is 1.82. The average molecular weight is 170 g/mol. The van der Waals surface area contributed by atoms with E-state index >= 15 is 0 Å². The topological polar surface area (TPSA) is 0 Å². The molecule has 0 aliphatic carbocycles. The Labute approximate surface area is 76.7 Å². The van der Waals surface area contributed by atoms with Crippen LogP contribution in [0.25, 0.3) is 11.1 Å². The van der Waals surface area contributed by atoms with Gasteiger partial charge < -0.3 is 0 Å². The molecule has 0 saturated heterocycles. The van der Waals surface area contributed by atoms with Gasteiger partial charge in [-0.05, 0) is 23.3 Å². The van der Waals surface area contributed by atoms with Gasteiger partial charge in [-0.15, -0.1) is 0 Å². The standard InChI is InChI=1S/C12H7F/c13-12-8-4-7-11(9-12)10-5-2-1-3-6-10/h2-7,9H. The lowest BCUT2D eigenvalue weighted by Crippen LogP contribution is -1.78. The van der Waals surface area contributed by atoms with Crippen LogP contribution in [0.15, 0.2) is 42.5 Å². The average Bonchev–Trinajstić information content (AvgIpc) is 2.19. The lowest BCUT2D eigenvalue weighted by molar-refractivity contribution is 0.626. The van der Waals surface area contributed by atoms with E-state index in [9.17, 15) is 4.39 Å². The number of halogens is 1. The first kappa shape index (κ1) is 7.99. The Bertz CT molecular complexity index is 393. The Morgan fingerprint density at radius 2 is 1.62 bits per heavy atom. The van der Waals surface area contributed by atoms with Gasteiger partial charge in [0.05, 0.1) is 0 Å². The van der Waals surface area contributed by atoms with Gasteiger partial charge in [-0.3, -0.25) is 0 Å². The highest BCUT2D eigenvalue weighted by Gasteiger charge is 1.96. The van der Waals surface area contributed by atoms with Crippen molar-refractivity contribution in [2.75, 3.05) is 0 Å². The zero-order valence-corrected chi connectivity index (χ0v) is 6.92. The van der Waals surface area contributed by atoms with E-state index in [-0.39, 0.29) is 5.82 Å². The predicted octanol–water partition coefficient (Wildman–Crippen LogP) is 3.09. The molecule has 2 aromatic rings. The highest BCUT2D eigenvalue weighted by Crippen LogP contribution is 2.18. The molecule has 0 aliphatic rings. The van der Waals surface area contributed by atoms with E-state index in [0.29, 0.717) is 0 Å². The summed E-state index contributed by atoms with van der Waals surface area (Å²) in [5, 5.41) is 0. The molecule has 0 unspecified atom stereocenters. The first-order valence-electron chi connectivity index (χ1n) is 4.00. The van der Waals surface area contributed by atoms with Gasteiger partial charge in [-0.25, -0.2) is 4.39 Å². The van der Waals surface area contributed by atoms with Gasteiger partial charge >= 0.3 is 0 Å². The van der Waals surface area contributed by atoms with E-state index in [0.717, 1.165) is 11.1 Å². The van der Waals surface area contributed by atoms with Crippen molar-refractivity contribution in [2.45, 2.75) is 0 Å².